The summed E-state index contributed by atoms with van der Waals surface area (Å²) in [7, 11) is 0. The summed E-state index contributed by atoms with van der Waals surface area (Å²) in [6.07, 6.45) is 1.63. The van der Waals surface area contributed by atoms with E-state index in [2.05, 4.69) is 10.6 Å². The van der Waals surface area contributed by atoms with Crippen molar-refractivity contribution < 1.29 is 9.21 Å². The molecule has 2 N–H and O–H groups in total. The molecule has 0 aliphatic carbocycles. The van der Waals surface area contributed by atoms with E-state index in [0.29, 0.717) is 5.02 Å². The zero-order valence-corrected chi connectivity index (χ0v) is 15.2. The third-order valence-electron chi connectivity index (χ3n) is 4.15. The molecule has 4 nitrogen and oxygen atoms in total. The third kappa shape index (κ3) is 4.75. The number of amides is 1. The lowest BCUT2D eigenvalue weighted by Crippen LogP contribution is -2.37. The van der Waals surface area contributed by atoms with Crippen LogP contribution in [0.3, 0.4) is 0 Å². The first-order valence-corrected chi connectivity index (χ1v) is 8.88. The lowest BCUT2D eigenvalue weighted by Gasteiger charge is -2.19. The normalized spacial score (nSPS) is 13.2. The Kier molecular flexibility index (Phi) is 6.10. The second-order valence-electron chi connectivity index (χ2n) is 6.08. The van der Waals surface area contributed by atoms with Gasteiger partial charge in [-0.1, -0.05) is 54.1 Å². The van der Waals surface area contributed by atoms with Gasteiger partial charge in [-0.25, -0.2) is 0 Å². The molecule has 1 aromatic heterocycles. The van der Waals surface area contributed by atoms with Gasteiger partial charge in [0.15, 0.2) is 0 Å². The Labute approximate surface area is 158 Å². The summed E-state index contributed by atoms with van der Waals surface area (Å²) in [5.74, 6) is 0.678. The molecular formula is C21H21ClN2O2. The highest BCUT2D eigenvalue weighted by Crippen LogP contribution is 2.22. The molecule has 3 rings (SSSR count). The standard InChI is InChI=1S/C21H21ClN2O2/c1-15(17-9-5-10-18(22)13-17)24-20(25)14-23-21(19-11-6-12-26-19)16-7-3-2-4-8-16/h2-13,15,21,23H,14H2,1H3,(H,24,25)/t15-,21+/m0/s1. The van der Waals surface area contributed by atoms with Gasteiger partial charge in [-0.3, -0.25) is 10.1 Å². The van der Waals surface area contributed by atoms with E-state index in [1.807, 2.05) is 73.7 Å². The highest BCUT2D eigenvalue weighted by molar-refractivity contribution is 6.30. The fourth-order valence-electron chi connectivity index (χ4n) is 2.83. The second-order valence-corrected chi connectivity index (χ2v) is 6.52. The Morgan fingerprint density at radius 2 is 1.81 bits per heavy atom. The lowest BCUT2D eigenvalue weighted by molar-refractivity contribution is -0.121. The minimum Gasteiger partial charge on any atom is -0.467 e. The van der Waals surface area contributed by atoms with Gasteiger partial charge in [0.1, 0.15) is 5.76 Å². The molecule has 1 amide bonds. The summed E-state index contributed by atoms with van der Waals surface area (Å²) in [6, 6.07) is 20.8. The minimum atomic E-state index is -0.182. The minimum absolute atomic E-state index is 0.0926. The summed E-state index contributed by atoms with van der Waals surface area (Å²) in [5, 5.41) is 6.92. The zero-order valence-electron chi connectivity index (χ0n) is 14.5. The van der Waals surface area contributed by atoms with Crippen LogP contribution in [0.1, 0.15) is 35.9 Å². The molecule has 0 saturated heterocycles. The van der Waals surface area contributed by atoms with E-state index in [1.54, 1.807) is 6.26 Å². The molecule has 0 fully saturated rings. The van der Waals surface area contributed by atoms with E-state index in [1.165, 1.54) is 0 Å². The van der Waals surface area contributed by atoms with Crippen LogP contribution in [0.4, 0.5) is 0 Å². The molecule has 2 aromatic carbocycles. The van der Waals surface area contributed by atoms with E-state index in [9.17, 15) is 4.79 Å². The summed E-state index contributed by atoms with van der Waals surface area (Å²) < 4.78 is 5.54. The van der Waals surface area contributed by atoms with Gasteiger partial charge in [0.2, 0.25) is 5.91 Å². The number of hydrogen-bond acceptors (Lipinski definition) is 3. The zero-order chi connectivity index (χ0) is 18.4. The fourth-order valence-corrected chi connectivity index (χ4v) is 3.03. The van der Waals surface area contributed by atoms with E-state index in [0.717, 1.165) is 16.9 Å². The van der Waals surface area contributed by atoms with Gasteiger partial charge < -0.3 is 9.73 Å². The summed E-state index contributed by atoms with van der Waals surface area (Å²) >= 11 is 6.02. The van der Waals surface area contributed by atoms with Gasteiger partial charge in [-0.15, -0.1) is 0 Å². The number of nitrogens with one attached hydrogen (secondary N) is 2. The first-order chi connectivity index (χ1) is 12.6. The highest BCUT2D eigenvalue weighted by Gasteiger charge is 2.18. The Morgan fingerprint density at radius 3 is 2.50 bits per heavy atom. The number of benzene rings is 2. The lowest BCUT2D eigenvalue weighted by atomic mass is 10.0. The van der Waals surface area contributed by atoms with Crippen LogP contribution in [-0.4, -0.2) is 12.5 Å². The highest BCUT2D eigenvalue weighted by atomic mass is 35.5. The number of carbonyl (C=O) groups is 1. The predicted molar refractivity (Wildman–Crippen MR) is 103 cm³/mol. The average Bonchev–Trinajstić information content (AvgIpc) is 3.17. The second kappa shape index (κ2) is 8.70. The molecule has 0 saturated carbocycles. The van der Waals surface area contributed by atoms with Gasteiger partial charge in [0.25, 0.3) is 0 Å². The van der Waals surface area contributed by atoms with Crippen molar-refractivity contribution in [1.82, 2.24) is 10.6 Å². The number of rotatable bonds is 7. The number of halogens is 1. The first kappa shape index (κ1) is 18.2. The van der Waals surface area contributed by atoms with E-state index in [4.69, 9.17) is 16.0 Å². The number of hydrogen-bond donors (Lipinski definition) is 2. The van der Waals surface area contributed by atoms with E-state index >= 15 is 0 Å². The largest absolute Gasteiger partial charge is 0.467 e. The monoisotopic (exact) mass is 368 g/mol. The third-order valence-corrected chi connectivity index (χ3v) is 4.39. The molecule has 5 heteroatoms. The molecule has 3 aromatic rings. The molecule has 0 aliphatic heterocycles. The maximum atomic E-state index is 12.4. The SMILES string of the molecule is C[C@H](NC(=O)CN[C@H](c1ccccc1)c1ccco1)c1cccc(Cl)c1. The van der Waals surface area contributed by atoms with Crippen molar-refractivity contribution in [1.29, 1.82) is 0 Å². The Bertz CT molecular complexity index is 834. The predicted octanol–water partition coefficient (Wildman–Crippen LogP) is 4.49. The van der Waals surface area contributed by atoms with Crippen molar-refractivity contribution in [2.24, 2.45) is 0 Å². The first-order valence-electron chi connectivity index (χ1n) is 8.50. The Balaban J connectivity index is 1.63. The van der Waals surface area contributed by atoms with Crippen LogP contribution in [0.5, 0.6) is 0 Å². The van der Waals surface area contributed by atoms with Gasteiger partial charge in [-0.2, -0.15) is 0 Å². The maximum absolute atomic E-state index is 12.4. The summed E-state index contributed by atoms with van der Waals surface area (Å²) in [5.41, 5.74) is 2.01. The molecule has 0 aliphatic rings. The molecule has 134 valence electrons. The Morgan fingerprint density at radius 1 is 1.04 bits per heavy atom. The van der Waals surface area contributed by atoms with Crippen LogP contribution in [-0.2, 0) is 4.79 Å². The van der Waals surface area contributed by atoms with E-state index in [-0.39, 0.29) is 24.5 Å². The summed E-state index contributed by atoms with van der Waals surface area (Å²) in [6.45, 7) is 2.11. The Hall–Kier alpha value is -2.56. The van der Waals surface area contributed by atoms with Gasteiger partial charge in [0.05, 0.1) is 24.9 Å². The molecule has 0 radical (unpaired) electrons. The van der Waals surface area contributed by atoms with Gasteiger partial charge in [-0.05, 0) is 42.3 Å². The van der Waals surface area contributed by atoms with Crippen LogP contribution in [0.25, 0.3) is 0 Å². The van der Waals surface area contributed by atoms with Crippen molar-refractivity contribution in [2.45, 2.75) is 19.0 Å². The fraction of sp³-hybridized carbons (Fsp3) is 0.190. The molecule has 0 bridgehead atoms. The van der Waals surface area contributed by atoms with Crippen LogP contribution in [0, 0.1) is 0 Å². The van der Waals surface area contributed by atoms with Crippen LogP contribution in [0.15, 0.2) is 77.4 Å². The number of carbonyl (C=O) groups excluding carboxylic acids is 1. The van der Waals surface area contributed by atoms with Crippen LogP contribution >= 0.6 is 11.6 Å². The smallest absolute Gasteiger partial charge is 0.234 e. The molecular weight excluding hydrogens is 348 g/mol. The van der Waals surface area contributed by atoms with Crippen LogP contribution < -0.4 is 10.6 Å². The number of furan rings is 1. The molecule has 26 heavy (non-hydrogen) atoms. The topological polar surface area (TPSA) is 54.3 Å². The van der Waals surface area contributed by atoms with Crippen molar-refractivity contribution in [3.05, 3.63) is 94.9 Å². The van der Waals surface area contributed by atoms with Gasteiger partial charge >= 0.3 is 0 Å². The quantitative estimate of drug-likeness (QED) is 0.646. The van der Waals surface area contributed by atoms with Crippen molar-refractivity contribution in [3.63, 3.8) is 0 Å². The summed E-state index contributed by atoms with van der Waals surface area (Å²) in [4.78, 5) is 12.4. The average molecular weight is 369 g/mol. The van der Waals surface area contributed by atoms with Crippen molar-refractivity contribution >= 4 is 17.5 Å². The van der Waals surface area contributed by atoms with Crippen molar-refractivity contribution in [3.8, 4) is 0 Å². The van der Waals surface area contributed by atoms with Crippen molar-refractivity contribution in [2.75, 3.05) is 6.54 Å². The maximum Gasteiger partial charge on any atom is 0.234 e. The molecule has 0 spiro atoms. The molecule has 1 heterocycles. The molecule has 0 unspecified atom stereocenters. The van der Waals surface area contributed by atoms with E-state index < -0.39 is 0 Å². The van der Waals surface area contributed by atoms with Gasteiger partial charge in [0, 0.05) is 5.02 Å². The van der Waals surface area contributed by atoms with Crippen LogP contribution in [0.2, 0.25) is 5.02 Å². The molecule has 2 atom stereocenters.